The Morgan fingerprint density at radius 2 is 1.23 bits per heavy atom. The van der Waals surface area contributed by atoms with E-state index >= 15 is 0 Å². The Hall–Kier alpha value is -3.99. The summed E-state index contributed by atoms with van der Waals surface area (Å²) in [4.78, 5) is 76.0. The van der Waals surface area contributed by atoms with E-state index in [2.05, 4.69) is 20.9 Å². The molecule has 4 amide bonds. The van der Waals surface area contributed by atoms with Gasteiger partial charge in [0.15, 0.2) is 5.96 Å². The van der Waals surface area contributed by atoms with Gasteiger partial charge in [-0.25, -0.2) is 4.79 Å². The molecule has 39 heavy (non-hydrogen) atoms. The second-order valence-corrected chi connectivity index (χ2v) is 8.80. The molecule has 0 rings (SSSR count). The standard InChI is InChI=1S/C22H41N9O8/c23-10-2-1-4-12(24)18(35)29-13(5-3-11-28-22(26)27)19(36)30-14(7-9-17(33)34)20(37)31-15(21(38)39)6-8-16(25)32/h12-15H,1-11,23-24H2,(H2,25,32)(H,29,35)(H,30,36)(H,31,37)(H,33,34)(H,38,39)(H4,26,27,28). The number of primary amides is 1. The number of nitrogens with one attached hydrogen (secondary N) is 3. The molecule has 0 heterocycles. The lowest BCUT2D eigenvalue weighted by Crippen LogP contribution is -2.57. The molecule has 15 N–H and O–H groups in total. The number of hydrogen-bond acceptors (Lipinski definition) is 9. The molecule has 17 heteroatoms. The number of rotatable bonds is 21. The second-order valence-electron chi connectivity index (χ2n) is 8.80. The summed E-state index contributed by atoms with van der Waals surface area (Å²) in [5.74, 6) is -6.14. The average Bonchev–Trinajstić information content (AvgIpc) is 2.84. The zero-order valence-corrected chi connectivity index (χ0v) is 21.8. The van der Waals surface area contributed by atoms with Gasteiger partial charge in [0.2, 0.25) is 23.6 Å². The van der Waals surface area contributed by atoms with Gasteiger partial charge >= 0.3 is 11.9 Å². The third-order valence-electron chi connectivity index (χ3n) is 5.46. The number of aliphatic imine (C=N–C) groups is 1. The Bertz CT molecular complexity index is 880. The maximum atomic E-state index is 13.1. The molecule has 4 atom stereocenters. The summed E-state index contributed by atoms with van der Waals surface area (Å²) in [5.41, 5.74) is 27.0. The van der Waals surface area contributed by atoms with Crippen molar-refractivity contribution >= 4 is 41.5 Å². The van der Waals surface area contributed by atoms with Crippen LogP contribution in [0.1, 0.15) is 57.8 Å². The summed E-state index contributed by atoms with van der Waals surface area (Å²) >= 11 is 0. The molecule has 0 aliphatic rings. The smallest absolute Gasteiger partial charge is 0.326 e. The normalized spacial score (nSPS) is 13.7. The molecule has 0 aromatic carbocycles. The summed E-state index contributed by atoms with van der Waals surface area (Å²) in [7, 11) is 0. The van der Waals surface area contributed by atoms with Gasteiger partial charge < -0.3 is 54.8 Å². The van der Waals surface area contributed by atoms with E-state index in [0.717, 1.165) is 0 Å². The van der Waals surface area contributed by atoms with Gasteiger partial charge in [-0.05, 0) is 45.1 Å². The highest BCUT2D eigenvalue weighted by Gasteiger charge is 2.30. The van der Waals surface area contributed by atoms with E-state index < -0.39 is 66.2 Å². The Labute approximate surface area is 225 Å². The first-order chi connectivity index (χ1) is 18.3. The van der Waals surface area contributed by atoms with Crippen molar-refractivity contribution in [2.75, 3.05) is 13.1 Å². The molecule has 0 aromatic heterocycles. The van der Waals surface area contributed by atoms with Gasteiger partial charge in [-0.15, -0.1) is 0 Å². The van der Waals surface area contributed by atoms with Gasteiger partial charge in [-0.1, -0.05) is 6.42 Å². The zero-order valence-electron chi connectivity index (χ0n) is 21.8. The third-order valence-corrected chi connectivity index (χ3v) is 5.46. The molecule has 17 nitrogen and oxygen atoms in total. The second kappa shape index (κ2) is 19.1. The van der Waals surface area contributed by atoms with Crippen molar-refractivity contribution in [3.8, 4) is 0 Å². The summed E-state index contributed by atoms with van der Waals surface area (Å²) in [6, 6.07) is -5.12. The average molecular weight is 560 g/mol. The lowest BCUT2D eigenvalue weighted by molar-refractivity contribution is -0.143. The monoisotopic (exact) mass is 559 g/mol. The summed E-state index contributed by atoms with van der Waals surface area (Å²) < 4.78 is 0. The van der Waals surface area contributed by atoms with Crippen LogP contribution in [-0.2, 0) is 28.8 Å². The van der Waals surface area contributed by atoms with Crippen LogP contribution in [0.3, 0.4) is 0 Å². The number of nitrogens with zero attached hydrogens (tertiary/aromatic N) is 1. The molecule has 4 unspecified atom stereocenters. The largest absolute Gasteiger partial charge is 0.481 e. The molecule has 0 aromatic rings. The van der Waals surface area contributed by atoms with Gasteiger partial charge in [0.1, 0.15) is 18.1 Å². The molecule has 0 saturated carbocycles. The lowest BCUT2D eigenvalue weighted by atomic mass is 10.0. The first-order valence-corrected chi connectivity index (χ1v) is 12.4. The number of hydrogen-bond donors (Lipinski definition) is 10. The van der Waals surface area contributed by atoms with Crippen LogP contribution in [0.25, 0.3) is 0 Å². The quantitative estimate of drug-likeness (QED) is 0.0367. The number of carboxylic acids is 2. The minimum Gasteiger partial charge on any atom is -0.481 e. The Balaban J connectivity index is 5.66. The summed E-state index contributed by atoms with van der Waals surface area (Å²) in [6.07, 6.45) is 0.266. The molecule has 0 fully saturated rings. The number of nitrogens with two attached hydrogens (primary N) is 5. The van der Waals surface area contributed by atoms with Crippen molar-refractivity contribution in [2.45, 2.75) is 82.0 Å². The van der Waals surface area contributed by atoms with Crippen molar-refractivity contribution in [1.29, 1.82) is 0 Å². The molecule has 222 valence electrons. The highest BCUT2D eigenvalue weighted by molar-refractivity contribution is 5.94. The van der Waals surface area contributed by atoms with E-state index in [0.29, 0.717) is 25.8 Å². The summed E-state index contributed by atoms with van der Waals surface area (Å²) in [5, 5.41) is 25.5. The molecule has 0 aliphatic heterocycles. The Morgan fingerprint density at radius 1 is 0.692 bits per heavy atom. The molecule has 0 bridgehead atoms. The summed E-state index contributed by atoms with van der Waals surface area (Å²) in [6.45, 7) is 0.558. The van der Waals surface area contributed by atoms with Crippen molar-refractivity contribution in [3.05, 3.63) is 0 Å². The van der Waals surface area contributed by atoms with E-state index in [1.165, 1.54) is 0 Å². The van der Waals surface area contributed by atoms with E-state index in [4.69, 9.17) is 33.8 Å². The fourth-order valence-corrected chi connectivity index (χ4v) is 3.32. The van der Waals surface area contributed by atoms with Crippen LogP contribution >= 0.6 is 0 Å². The molecular formula is C22H41N9O8. The van der Waals surface area contributed by atoms with Crippen LogP contribution in [-0.4, -0.2) is 89.0 Å². The highest BCUT2D eigenvalue weighted by Crippen LogP contribution is 2.07. The topological polar surface area (TPSA) is 321 Å². The number of amides is 4. The van der Waals surface area contributed by atoms with Crippen molar-refractivity contribution in [2.24, 2.45) is 33.7 Å². The maximum Gasteiger partial charge on any atom is 0.326 e. The number of carboxylic acid groups (broad SMARTS) is 2. The van der Waals surface area contributed by atoms with Gasteiger partial charge in [0.05, 0.1) is 6.04 Å². The van der Waals surface area contributed by atoms with Crippen LogP contribution in [0.15, 0.2) is 4.99 Å². The number of unbranched alkanes of at least 4 members (excludes halogenated alkanes) is 1. The van der Waals surface area contributed by atoms with Gasteiger partial charge in [0.25, 0.3) is 0 Å². The van der Waals surface area contributed by atoms with Gasteiger partial charge in [-0.3, -0.25) is 29.0 Å². The van der Waals surface area contributed by atoms with Crippen LogP contribution < -0.4 is 44.6 Å². The van der Waals surface area contributed by atoms with Crippen LogP contribution in [0.2, 0.25) is 0 Å². The highest BCUT2D eigenvalue weighted by atomic mass is 16.4. The van der Waals surface area contributed by atoms with Gasteiger partial charge in [0, 0.05) is 19.4 Å². The van der Waals surface area contributed by atoms with E-state index in [9.17, 15) is 33.9 Å². The minimum atomic E-state index is -1.52. The predicted octanol–water partition coefficient (Wildman–Crippen LogP) is -3.83. The molecular weight excluding hydrogens is 518 g/mol. The van der Waals surface area contributed by atoms with E-state index in [1.54, 1.807) is 0 Å². The molecule has 0 spiro atoms. The number of carbonyl (C=O) groups excluding carboxylic acids is 4. The zero-order chi connectivity index (χ0) is 30.0. The Kier molecular flexibility index (Phi) is 17.2. The minimum absolute atomic E-state index is 0.0352. The van der Waals surface area contributed by atoms with Crippen molar-refractivity contribution in [1.82, 2.24) is 16.0 Å². The third kappa shape index (κ3) is 16.5. The molecule has 0 radical (unpaired) electrons. The van der Waals surface area contributed by atoms with Crippen molar-refractivity contribution < 1.29 is 39.0 Å². The van der Waals surface area contributed by atoms with E-state index in [-0.39, 0.29) is 44.6 Å². The number of aliphatic carboxylic acids is 2. The molecule has 0 saturated heterocycles. The Morgan fingerprint density at radius 3 is 1.74 bits per heavy atom. The molecule has 0 aliphatic carbocycles. The van der Waals surface area contributed by atoms with Crippen LogP contribution in [0.4, 0.5) is 0 Å². The number of carbonyl (C=O) groups is 6. The fraction of sp³-hybridized carbons (Fsp3) is 0.682. The maximum absolute atomic E-state index is 13.1. The predicted molar refractivity (Wildman–Crippen MR) is 140 cm³/mol. The van der Waals surface area contributed by atoms with E-state index in [1.807, 2.05) is 0 Å². The van der Waals surface area contributed by atoms with Crippen LogP contribution in [0, 0.1) is 0 Å². The van der Waals surface area contributed by atoms with Gasteiger partial charge in [-0.2, -0.15) is 0 Å². The first-order valence-electron chi connectivity index (χ1n) is 12.4. The number of guanidine groups is 1. The SMILES string of the molecule is NCCCCC(N)C(=O)NC(CCCN=C(N)N)C(=O)NC(CCC(=O)O)C(=O)NC(CCC(N)=O)C(=O)O. The lowest BCUT2D eigenvalue weighted by Gasteiger charge is -2.25. The van der Waals surface area contributed by atoms with Crippen LogP contribution in [0.5, 0.6) is 0 Å². The first kappa shape index (κ1) is 35.0. The van der Waals surface area contributed by atoms with Crippen molar-refractivity contribution in [3.63, 3.8) is 0 Å². The fourth-order valence-electron chi connectivity index (χ4n) is 3.32.